The summed E-state index contributed by atoms with van der Waals surface area (Å²) in [6, 6.07) is 10.3. The van der Waals surface area contributed by atoms with Gasteiger partial charge in [0.25, 0.3) is 0 Å². The van der Waals surface area contributed by atoms with Gasteiger partial charge in [-0.05, 0) is 51.0 Å². The Labute approximate surface area is 181 Å². The van der Waals surface area contributed by atoms with Gasteiger partial charge in [0.1, 0.15) is 11.7 Å². The standard InChI is InChI=1S/C26H34N2O2/c1-16(2)23-22(24(29)30-26(7,8)9)21(18-12-10-17(3)11-13-18)19(15-27)20(28-23)14-25(4,5)6/h10-13,16H,14H2,1-9H3. The number of ether oxygens (including phenoxy) is 1. The van der Waals surface area contributed by atoms with Crippen LogP contribution in [-0.4, -0.2) is 16.6 Å². The molecule has 0 N–H and O–H groups in total. The van der Waals surface area contributed by atoms with E-state index in [1.165, 1.54) is 0 Å². The molecule has 0 fully saturated rings. The summed E-state index contributed by atoms with van der Waals surface area (Å²) < 4.78 is 5.75. The number of pyridine rings is 1. The van der Waals surface area contributed by atoms with E-state index in [9.17, 15) is 10.1 Å². The van der Waals surface area contributed by atoms with Crippen LogP contribution < -0.4 is 0 Å². The summed E-state index contributed by atoms with van der Waals surface area (Å²) in [6.07, 6.45) is 0.642. The van der Waals surface area contributed by atoms with E-state index < -0.39 is 11.6 Å². The monoisotopic (exact) mass is 406 g/mol. The number of esters is 1. The number of aryl methyl sites for hydroxylation is 1. The molecule has 1 aromatic heterocycles. The van der Waals surface area contributed by atoms with Gasteiger partial charge < -0.3 is 4.74 Å². The first-order chi connectivity index (χ1) is 13.7. The first-order valence-corrected chi connectivity index (χ1v) is 10.5. The van der Waals surface area contributed by atoms with Crippen LogP contribution in [0.15, 0.2) is 24.3 Å². The van der Waals surface area contributed by atoms with Crippen LogP contribution in [0, 0.1) is 23.7 Å². The van der Waals surface area contributed by atoms with Crippen LogP contribution in [0.4, 0.5) is 0 Å². The maximum atomic E-state index is 13.3. The Morgan fingerprint density at radius 2 is 1.67 bits per heavy atom. The molecule has 0 saturated heterocycles. The van der Waals surface area contributed by atoms with E-state index in [0.29, 0.717) is 28.8 Å². The molecule has 4 heteroatoms. The number of aromatic nitrogens is 1. The lowest BCUT2D eigenvalue weighted by molar-refractivity contribution is 0.00682. The average Bonchev–Trinajstić information content (AvgIpc) is 2.58. The summed E-state index contributed by atoms with van der Waals surface area (Å²) in [7, 11) is 0. The lowest BCUT2D eigenvalue weighted by Gasteiger charge is -2.26. The minimum atomic E-state index is -0.646. The molecule has 0 radical (unpaired) electrons. The van der Waals surface area contributed by atoms with Crippen LogP contribution >= 0.6 is 0 Å². The highest BCUT2D eigenvalue weighted by atomic mass is 16.6. The molecular formula is C26H34N2O2. The molecule has 160 valence electrons. The highest BCUT2D eigenvalue weighted by molar-refractivity contribution is 6.00. The van der Waals surface area contributed by atoms with Gasteiger partial charge in [-0.3, -0.25) is 4.98 Å². The third-order valence-electron chi connectivity index (χ3n) is 4.60. The van der Waals surface area contributed by atoms with Crippen molar-refractivity contribution < 1.29 is 9.53 Å². The predicted octanol–water partition coefficient (Wildman–Crippen LogP) is 6.60. The van der Waals surface area contributed by atoms with Gasteiger partial charge in [0, 0.05) is 5.56 Å². The Morgan fingerprint density at radius 1 is 1.10 bits per heavy atom. The Balaban J connectivity index is 2.95. The van der Waals surface area contributed by atoms with Crippen molar-refractivity contribution in [1.29, 1.82) is 5.26 Å². The second-order valence-corrected chi connectivity index (χ2v) is 10.4. The fourth-order valence-corrected chi connectivity index (χ4v) is 3.37. The first-order valence-electron chi connectivity index (χ1n) is 10.5. The van der Waals surface area contributed by atoms with Crippen molar-refractivity contribution in [1.82, 2.24) is 4.98 Å². The highest BCUT2D eigenvalue weighted by Gasteiger charge is 2.31. The molecule has 0 aliphatic carbocycles. The molecular weight excluding hydrogens is 372 g/mol. The largest absolute Gasteiger partial charge is 0.456 e. The van der Waals surface area contributed by atoms with Gasteiger partial charge in [-0.25, -0.2) is 4.79 Å². The lowest BCUT2D eigenvalue weighted by Crippen LogP contribution is -2.26. The molecule has 0 amide bonds. The normalized spacial score (nSPS) is 12.0. The lowest BCUT2D eigenvalue weighted by atomic mass is 9.84. The van der Waals surface area contributed by atoms with Crippen LogP contribution in [0.5, 0.6) is 0 Å². The Hall–Kier alpha value is -2.67. The van der Waals surface area contributed by atoms with Crippen LogP contribution in [0.25, 0.3) is 11.1 Å². The molecule has 0 saturated carbocycles. The number of benzene rings is 1. The molecule has 0 spiro atoms. The summed E-state index contributed by atoms with van der Waals surface area (Å²) in [5.74, 6) is -0.434. The van der Waals surface area contributed by atoms with E-state index in [4.69, 9.17) is 9.72 Å². The van der Waals surface area contributed by atoms with E-state index in [1.807, 2.05) is 65.8 Å². The van der Waals surface area contributed by atoms with Crippen molar-refractivity contribution in [3.05, 3.63) is 52.3 Å². The van der Waals surface area contributed by atoms with Gasteiger partial charge >= 0.3 is 5.97 Å². The smallest absolute Gasteiger partial charge is 0.341 e. The van der Waals surface area contributed by atoms with E-state index in [2.05, 4.69) is 26.8 Å². The maximum absolute atomic E-state index is 13.3. The number of nitriles is 1. The third kappa shape index (κ3) is 5.69. The Kier molecular flexibility index (Phi) is 6.76. The number of hydrogen-bond acceptors (Lipinski definition) is 4. The van der Waals surface area contributed by atoms with Crippen molar-refractivity contribution in [3.63, 3.8) is 0 Å². The Morgan fingerprint density at radius 3 is 2.10 bits per heavy atom. The maximum Gasteiger partial charge on any atom is 0.341 e. The van der Waals surface area contributed by atoms with Gasteiger partial charge in [-0.15, -0.1) is 0 Å². The topological polar surface area (TPSA) is 63.0 Å². The average molecular weight is 407 g/mol. The second kappa shape index (κ2) is 8.60. The zero-order valence-electron chi connectivity index (χ0n) is 19.8. The van der Waals surface area contributed by atoms with Crippen molar-refractivity contribution >= 4 is 5.97 Å². The number of hydrogen-bond donors (Lipinski definition) is 0. The molecule has 0 aliphatic heterocycles. The van der Waals surface area contributed by atoms with Gasteiger partial charge in [0.2, 0.25) is 0 Å². The zero-order chi connectivity index (χ0) is 22.9. The van der Waals surface area contributed by atoms with Crippen molar-refractivity contribution in [2.24, 2.45) is 5.41 Å². The van der Waals surface area contributed by atoms with Gasteiger partial charge in [0.05, 0.1) is 22.5 Å². The van der Waals surface area contributed by atoms with Crippen LogP contribution in [0.3, 0.4) is 0 Å². The summed E-state index contributed by atoms with van der Waals surface area (Å²) in [6.45, 7) is 18.0. The molecule has 0 atom stereocenters. The molecule has 2 aromatic rings. The summed E-state index contributed by atoms with van der Waals surface area (Å²) in [4.78, 5) is 18.2. The number of nitrogens with zero attached hydrogens (tertiary/aromatic N) is 2. The van der Waals surface area contributed by atoms with E-state index in [-0.39, 0.29) is 11.3 Å². The van der Waals surface area contributed by atoms with Crippen molar-refractivity contribution in [3.8, 4) is 17.2 Å². The van der Waals surface area contributed by atoms with E-state index >= 15 is 0 Å². The molecule has 1 aromatic carbocycles. The van der Waals surface area contributed by atoms with E-state index in [0.717, 1.165) is 16.8 Å². The number of carbonyl (C=O) groups is 1. The fraction of sp³-hybridized carbons (Fsp3) is 0.500. The molecule has 2 rings (SSSR count). The second-order valence-electron chi connectivity index (χ2n) is 10.4. The molecule has 0 bridgehead atoms. The quantitative estimate of drug-likeness (QED) is 0.537. The third-order valence-corrected chi connectivity index (χ3v) is 4.60. The van der Waals surface area contributed by atoms with Gasteiger partial charge in [-0.1, -0.05) is 64.4 Å². The zero-order valence-corrected chi connectivity index (χ0v) is 19.8. The molecule has 1 heterocycles. The SMILES string of the molecule is Cc1ccc(-c2c(C#N)c(CC(C)(C)C)nc(C(C)C)c2C(=O)OC(C)(C)C)cc1. The van der Waals surface area contributed by atoms with Crippen molar-refractivity contribution in [2.45, 2.75) is 80.3 Å². The predicted molar refractivity (Wildman–Crippen MR) is 122 cm³/mol. The van der Waals surface area contributed by atoms with Gasteiger partial charge in [-0.2, -0.15) is 5.26 Å². The minimum absolute atomic E-state index is 0.00294. The molecule has 0 aliphatic rings. The summed E-state index contributed by atoms with van der Waals surface area (Å²) >= 11 is 0. The number of carbonyl (C=O) groups excluding carboxylic acids is 1. The Bertz CT molecular complexity index is 967. The first kappa shape index (κ1) is 23.6. The molecule has 30 heavy (non-hydrogen) atoms. The van der Waals surface area contributed by atoms with Crippen LogP contribution in [0.2, 0.25) is 0 Å². The molecule has 0 unspecified atom stereocenters. The summed E-state index contributed by atoms with van der Waals surface area (Å²) in [5, 5.41) is 10.1. The number of rotatable bonds is 4. The molecule has 4 nitrogen and oxygen atoms in total. The fourth-order valence-electron chi connectivity index (χ4n) is 3.37. The van der Waals surface area contributed by atoms with Crippen LogP contribution in [-0.2, 0) is 11.2 Å². The van der Waals surface area contributed by atoms with Crippen molar-refractivity contribution in [2.75, 3.05) is 0 Å². The highest BCUT2D eigenvalue weighted by Crippen LogP contribution is 2.37. The van der Waals surface area contributed by atoms with E-state index in [1.54, 1.807) is 0 Å². The minimum Gasteiger partial charge on any atom is -0.456 e. The van der Waals surface area contributed by atoms with Gasteiger partial charge in [0.15, 0.2) is 0 Å². The summed E-state index contributed by atoms with van der Waals surface area (Å²) in [5.41, 5.74) is 4.15. The van der Waals surface area contributed by atoms with Crippen LogP contribution in [0.1, 0.15) is 94.2 Å².